The third-order valence-electron chi connectivity index (χ3n) is 2.65. The lowest BCUT2D eigenvalue weighted by atomic mass is 9.91. The van der Waals surface area contributed by atoms with Crippen molar-refractivity contribution >= 4 is 14.0 Å². The van der Waals surface area contributed by atoms with E-state index in [0.717, 1.165) is 0 Å². The molecule has 14 heavy (non-hydrogen) atoms. The fraction of sp³-hybridized carbons (Fsp3) is 0.727. The van der Waals surface area contributed by atoms with Gasteiger partial charge >= 0.3 is 5.97 Å². The van der Waals surface area contributed by atoms with Gasteiger partial charge in [0.1, 0.15) is 0 Å². The average molecular weight is 212 g/mol. The smallest absolute Gasteiger partial charge is 0.314 e. The van der Waals surface area contributed by atoms with Crippen LogP contribution in [0.2, 0.25) is 19.6 Å². The number of aliphatic carboxylic acids is 1. The van der Waals surface area contributed by atoms with Crippen LogP contribution in [0.25, 0.3) is 0 Å². The highest BCUT2D eigenvalue weighted by atomic mass is 28.3. The van der Waals surface area contributed by atoms with Crippen molar-refractivity contribution in [2.24, 2.45) is 11.3 Å². The number of hydrogen-bond acceptors (Lipinski definition) is 1. The monoisotopic (exact) mass is 212 g/mol. The third-order valence-corrected chi connectivity index (χ3v) is 4.82. The van der Waals surface area contributed by atoms with E-state index in [1.807, 2.05) is 0 Å². The number of carboxylic acids is 1. The molecule has 1 atom stereocenters. The SMILES string of the molecule is CC(C)(C)C1=C([Si](C)(C)C)C1C(=O)O. The lowest BCUT2D eigenvalue weighted by Gasteiger charge is -2.15. The van der Waals surface area contributed by atoms with Crippen LogP contribution in [0.4, 0.5) is 0 Å². The Morgan fingerprint density at radius 1 is 1.29 bits per heavy atom. The topological polar surface area (TPSA) is 37.3 Å². The predicted molar refractivity (Wildman–Crippen MR) is 61.0 cm³/mol. The second-order valence-electron chi connectivity index (χ2n) is 6.10. The molecule has 0 aromatic carbocycles. The molecule has 0 spiro atoms. The van der Waals surface area contributed by atoms with Crippen molar-refractivity contribution in [1.82, 2.24) is 0 Å². The molecule has 0 bridgehead atoms. The number of carbonyl (C=O) groups is 1. The number of hydrogen-bond donors (Lipinski definition) is 1. The Balaban J connectivity index is 3.02. The van der Waals surface area contributed by atoms with Gasteiger partial charge in [-0.15, -0.1) is 0 Å². The largest absolute Gasteiger partial charge is 0.481 e. The van der Waals surface area contributed by atoms with E-state index in [2.05, 4.69) is 40.4 Å². The number of carboxylic acid groups (broad SMARTS) is 1. The number of rotatable bonds is 2. The molecule has 80 valence electrons. The minimum absolute atomic E-state index is 0.0265. The minimum Gasteiger partial charge on any atom is -0.481 e. The molecular formula is C11H20O2Si. The first-order chi connectivity index (χ1) is 6.07. The Morgan fingerprint density at radius 2 is 1.71 bits per heavy atom. The van der Waals surface area contributed by atoms with E-state index in [0.29, 0.717) is 0 Å². The van der Waals surface area contributed by atoms with E-state index >= 15 is 0 Å². The Morgan fingerprint density at radius 3 is 1.79 bits per heavy atom. The van der Waals surface area contributed by atoms with Gasteiger partial charge in [-0.1, -0.05) is 51.2 Å². The third kappa shape index (κ3) is 1.92. The van der Waals surface area contributed by atoms with Gasteiger partial charge in [0.05, 0.1) is 14.0 Å². The molecule has 1 aliphatic carbocycles. The summed E-state index contributed by atoms with van der Waals surface area (Å²) in [5.74, 6) is -0.894. The fourth-order valence-electron chi connectivity index (χ4n) is 2.14. The highest BCUT2D eigenvalue weighted by molar-refractivity contribution is 6.85. The van der Waals surface area contributed by atoms with Crippen LogP contribution in [0.5, 0.6) is 0 Å². The molecule has 0 fully saturated rings. The standard InChI is InChI=1S/C11H20O2Si/c1-11(2,3)8-7(10(12)13)9(8)14(4,5)6/h7H,1-6H3,(H,12,13). The Kier molecular flexibility index (Phi) is 2.43. The lowest BCUT2D eigenvalue weighted by molar-refractivity contribution is -0.138. The maximum Gasteiger partial charge on any atom is 0.314 e. The molecule has 0 aromatic heterocycles. The fourth-order valence-corrected chi connectivity index (χ4v) is 4.53. The van der Waals surface area contributed by atoms with Crippen LogP contribution in [0.1, 0.15) is 20.8 Å². The van der Waals surface area contributed by atoms with E-state index < -0.39 is 14.0 Å². The molecular weight excluding hydrogens is 192 g/mol. The van der Waals surface area contributed by atoms with Crippen LogP contribution in [0, 0.1) is 11.3 Å². The molecule has 0 saturated heterocycles. The summed E-state index contributed by atoms with van der Waals surface area (Å²) in [7, 11) is -1.42. The van der Waals surface area contributed by atoms with Gasteiger partial charge in [-0.05, 0) is 5.41 Å². The zero-order chi connectivity index (χ0) is 11.3. The van der Waals surface area contributed by atoms with E-state index in [1.54, 1.807) is 0 Å². The van der Waals surface area contributed by atoms with E-state index in [1.165, 1.54) is 10.8 Å². The van der Waals surface area contributed by atoms with Gasteiger partial charge in [0.2, 0.25) is 0 Å². The van der Waals surface area contributed by atoms with Gasteiger partial charge in [-0.25, -0.2) is 0 Å². The van der Waals surface area contributed by atoms with Gasteiger partial charge in [0.15, 0.2) is 0 Å². The maximum atomic E-state index is 11.1. The second-order valence-corrected chi connectivity index (χ2v) is 11.1. The predicted octanol–water partition coefficient (Wildman–Crippen LogP) is 2.92. The molecule has 1 N–H and O–H groups in total. The minimum atomic E-state index is -1.42. The average Bonchev–Trinajstić information content (AvgIpc) is 2.54. The highest BCUT2D eigenvalue weighted by Gasteiger charge is 2.52. The summed E-state index contributed by atoms with van der Waals surface area (Å²) in [5.41, 5.74) is 1.21. The van der Waals surface area contributed by atoms with Crippen molar-refractivity contribution in [3.8, 4) is 0 Å². The first-order valence-electron chi connectivity index (χ1n) is 5.04. The molecule has 1 aliphatic rings. The quantitative estimate of drug-likeness (QED) is 0.715. The van der Waals surface area contributed by atoms with E-state index in [9.17, 15) is 4.79 Å². The molecule has 3 heteroatoms. The van der Waals surface area contributed by atoms with Crippen molar-refractivity contribution in [3.63, 3.8) is 0 Å². The summed E-state index contributed by atoms with van der Waals surface area (Å²) >= 11 is 0. The molecule has 1 unspecified atom stereocenters. The molecule has 1 rings (SSSR count). The molecule has 0 saturated carbocycles. The van der Waals surface area contributed by atoms with Crippen molar-refractivity contribution in [1.29, 1.82) is 0 Å². The first-order valence-corrected chi connectivity index (χ1v) is 8.54. The van der Waals surface area contributed by atoms with Crippen molar-refractivity contribution in [2.75, 3.05) is 0 Å². The molecule has 0 amide bonds. The van der Waals surface area contributed by atoms with Gasteiger partial charge in [-0.2, -0.15) is 0 Å². The molecule has 0 radical (unpaired) electrons. The van der Waals surface area contributed by atoms with Crippen LogP contribution >= 0.6 is 0 Å². The summed E-state index contributed by atoms with van der Waals surface area (Å²) in [6, 6.07) is 0. The van der Waals surface area contributed by atoms with Gasteiger partial charge in [0, 0.05) is 0 Å². The van der Waals surface area contributed by atoms with Crippen LogP contribution < -0.4 is 0 Å². The zero-order valence-electron chi connectivity index (χ0n) is 9.93. The highest BCUT2D eigenvalue weighted by Crippen LogP contribution is 2.53. The summed E-state index contributed by atoms with van der Waals surface area (Å²) in [6.45, 7) is 13.0. The van der Waals surface area contributed by atoms with Crippen molar-refractivity contribution < 1.29 is 9.90 Å². The summed E-state index contributed by atoms with van der Waals surface area (Å²) in [5, 5.41) is 10.4. The van der Waals surface area contributed by atoms with Gasteiger partial charge in [0.25, 0.3) is 0 Å². The molecule has 0 aliphatic heterocycles. The Hall–Kier alpha value is -0.573. The molecule has 0 heterocycles. The van der Waals surface area contributed by atoms with Crippen LogP contribution in [-0.2, 0) is 4.79 Å². The van der Waals surface area contributed by atoms with E-state index in [4.69, 9.17) is 5.11 Å². The second kappa shape index (κ2) is 2.96. The normalized spacial score (nSPS) is 22.6. The summed E-state index contributed by atoms with van der Waals surface area (Å²) in [6.07, 6.45) is 0. The van der Waals surface area contributed by atoms with Crippen molar-refractivity contribution in [3.05, 3.63) is 10.8 Å². The van der Waals surface area contributed by atoms with Crippen LogP contribution in [0.3, 0.4) is 0 Å². The Labute approximate surface area is 87.0 Å². The summed E-state index contributed by atoms with van der Waals surface area (Å²) in [4.78, 5) is 11.1. The zero-order valence-corrected chi connectivity index (χ0v) is 10.9. The lowest BCUT2D eigenvalue weighted by Crippen LogP contribution is -2.22. The van der Waals surface area contributed by atoms with Gasteiger partial charge < -0.3 is 5.11 Å². The molecule has 2 nitrogen and oxygen atoms in total. The van der Waals surface area contributed by atoms with E-state index in [-0.39, 0.29) is 11.3 Å². The Bertz CT molecular complexity index is 278. The van der Waals surface area contributed by atoms with Crippen LogP contribution in [-0.4, -0.2) is 19.1 Å². The summed E-state index contributed by atoms with van der Waals surface area (Å²) < 4.78 is 0. The maximum absolute atomic E-state index is 11.1. The first kappa shape index (κ1) is 11.5. The molecule has 0 aromatic rings. The van der Waals surface area contributed by atoms with Gasteiger partial charge in [-0.3, -0.25) is 4.79 Å². The van der Waals surface area contributed by atoms with Crippen LogP contribution in [0.15, 0.2) is 10.8 Å². The van der Waals surface area contributed by atoms with Crippen molar-refractivity contribution in [2.45, 2.75) is 40.4 Å².